The van der Waals surface area contributed by atoms with E-state index < -0.39 is 0 Å². The predicted octanol–water partition coefficient (Wildman–Crippen LogP) is 2.17. The van der Waals surface area contributed by atoms with E-state index in [1.807, 2.05) is 42.3 Å². The average Bonchev–Trinajstić information content (AvgIpc) is 2.40. The van der Waals surface area contributed by atoms with Crippen molar-refractivity contribution >= 4 is 11.5 Å². The van der Waals surface area contributed by atoms with Gasteiger partial charge in [-0.1, -0.05) is 30.3 Å². The molecule has 0 aliphatic heterocycles. The third-order valence-electron chi connectivity index (χ3n) is 2.67. The normalized spacial score (nSPS) is 9.78. The number of nitrogen functional groups attached to an aromatic ring is 1. The lowest BCUT2D eigenvalue weighted by atomic mass is 10.2. The van der Waals surface area contributed by atoms with Crippen LogP contribution in [0.2, 0.25) is 0 Å². The van der Waals surface area contributed by atoms with E-state index in [0.29, 0.717) is 5.69 Å². The van der Waals surface area contributed by atoms with Crippen LogP contribution in [0.25, 0.3) is 0 Å². The van der Waals surface area contributed by atoms with Crippen LogP contribution in [0.1, 0.15) is 11.3 Å². The minimum atomic E-state index is 0.271. The third kappa shape index (κ3) is 2.58. The van der Waals surface area contributed by atoms with Crippen molar-refractivity contribution in [3.8, 4) is 6.07 Å². The molecule has 4 nitrogen and oxygen atoms in total. The lowest BCUT2D eigenvalue weighted by Crippen LogP contribution is -2.18. The van der Waals surface area contributed by atoms with E-state index in [0.717, 1.165) is 12.4 Å². The topological polar surface area (TPSA) is 65.9 Å². The standard InChI is InChI=1S/C14H14N4/c1-18(10-11-5-3-2-4-6-11)14-8-7-12(16)13(9-15)17-14/h2-8H,10,16H2,1H3. The highest BCUT2D eigenvalue weighted by Gasteiger charge is 2.06. The second-order valence-corrected chi connectivity index (χ2v) is 4.06. The number of nitrogens with two attached hydrogens (primary N) is 1. The Morgan fingerprint density at radius 1 is 1.22 bits per heavy atom. The quantitative estimate of drug-likeness (QED) is 0.890. The molecule has 2 N–H and O–H groups in total. The van der Waals surface area contributed by atoms with Gasteiger partial charge in [0.05, 0.1) is 5.69 Å². The van der Waals surface area contributed by atoms with Crippen LogP contribution in [0.4, 0.5) is 11.5 Å². The van der Waals surface area contributed by atoms with Gasteiger partial charge in [-0.25, -0.2) is 4.98 Å². The smallest absolute Gasteiger partial charge is 0.165 e. The minimum Gasteiger partial charge on any atom is -0.396 e. The third-order valence-corrected chi connectivity index (χ3v) is 2.67. The first kappa shape index (κ1) is 11.9. The highest BCUT2D eigenvalue weighted by Crippen LogP contribution is 2.17. The summed E-state index contributed by atoms with van der Waals surface area (Å²) in [7, 11) is 1.94. The Balaban J connectivity index is 2.19. The number of aromatic nitrogens is 1. The number of hydrogen-bond donors (Lipinski definition) is 1. The molecule has 2 aromatic rings. The second-order valence-electron chi connectivity index (χ2n) is 4.06. The maximum atomic E-state index is 8.90. The average molecular weight is 238 g/mol. The van der Waals surface area contributed by atoms with E-state index in [-0.39, 0.29) is 5.69 Å². The fourth-order valence-corrected chi connectivity index (χ4v) is 1.70. The van der Waals surface area contributed by atoms with Gasteiger partial charge in [-0.3, -0.25) is 0 Å². The highest BCUT2D eigenvalue weighted by atomic mass is 15.2. The SMILES string of the molecule is CN(Cc1ccccc1)c1ccc(N)c(C#N)n1. The molecule has 4 heteroatoms. The van der Waals surface area contributed by atoms with E-state index in [9.17, 15) is 0 Å². The molecule has 0 bridgehead atoms. The largest absolute Gasteiger partial charge is 0.396 e. The summed E-state index contributed by atoms with van der Waals surface area (Å²) in [4.78, 5) is 6.21. The van der Waals surface area contributed by atoms with E-state index in [1.54, 1.807) is 6.07 Å². The van der Waals surface area contributed by atoms with Crippen molar-refractivity contribution < 1.29 is 0 Å². The molecule has 0 spiro atoms. The fraction of sp³-hybridized carbons (Fsp3) is 0.143. The van der Waals surface area contributed by atoms with Gasteiger partial charge in [-0.15, -0.1) is 0 Å². The highest BCUT2D eigenvalue weighted by molar-refractivity contribution is 5.55. The van der Waals surface area contributed by atoms with Crippen LogP contribution in [0.15, 0.2) is 42.5 Å². The number of pyridine rings is 1. The summed E-state index contributed by atoms with van der Waals surface area (Å²) in [6.45, 7) is 0.739. The summed E-state index contributed by atoms with van der Waals surface area (Å²) in [5.41, 5.74) is 7.52. The second kappa shape index (κ2) is 5.19. The van der Waals surface area contributed by atoms with Crippen LogP contribution in [-0.4, -0.2) is 12.0 Å². The minimum absolute atomic E-state index is 0.271. The zero-order valence-corrected chi connectivity index (χ0v) is 10.2. The summed E-state index contributed by atoms with van der Waals surface area (Å²) < 4.78 is 0. The van der Waals surface area contributed by atoms with Crippen molar-refractivity contribution in [2.24, 2.45) is 0 Å². The van der Waals surface area contributed by atoms with E-state index in [1.165, 1.54) is 5.56 Å². The summed E-state index contributed by atoms with van der Waals surface area (Å²) in [5, 5.41) is 8.90. The van der Waals surface area contributed by atoms with Crippen LogP contribution < -0.4 is 10.6 Å². The molecule has 18 heavy (non-hydrogen) atoms. The fourth-order valence-electron chi connectivity index (χ4n) is 1.70. The molecule has 0 fully saturated rings. The van der Waals surface area contributed by atoms with Gasteiger partial charge in [0.2, 0.25) is 0 Å². The predicted molar refractivity (Wildman–Crippen MR) is 71.9 cm³/mol. The molecule has 0 atom stereocenters. The van der Waals surface area contributed by atoms with Gasteiger partial charge >= 0.3 is 0 Å². The Morgan fingerprint density at radius 2 is 1.94 bits per heavy atom. The Labute approximate surface area is 106 Å². The van der Waals surface area contributed by atoms with Gasteiger partial charge in [-0.05, 0) is 17.7 Å². The molecule has 1 heterocycles. The van der Waals surface area contributed by atoms with E-state index in [2.05, 4.69) is 17.1 Å². The molecule has 1 aromatic heterocycles. The first-order valence-electron chi connectivity index (χ1n) is 5.62. The van der Waals surface area contributed by atoms with Crippen LogP contribution in [0.5, 0.6) is 0 Å². The first-order chi connectivity index (χ1) is 8.70. The summed E-state index contributed by atoms with van der Waals surface area (Å²) in [6.07, 6.45) is 0. The molecular formula is C14H14N4. The van der Waals surface area contributed by atoms with Crippen LogP contribution >= 0.6 is 0 Å². The number of anilines is 2. The number of nitriles is 1. The summed E-state index contributed by atoms with van der Waals surface area (Å²) >= 11 is 0. The zero-order chi connectivity index (χ0) is 13.0. The van der Waals surface area contributed by atoms with Gasteiger partial charge in [-0.2, -0.15) is 5.26 Å². The maximum absolute atomic E-state index is 8.90. The van der Waals surface area contributed by atoms with Crippen molar-refractivity contribution in [2.75, 3.05) is 17.7 Å². The molecule has 0 saturated carbocycles. The Kier molecular flexibility index (Phi) is 3.44. The van der Waals surface area contributed by atoms with Crippen molar-refractivity contribution in [3.63, 3.8) is 0 Å². The van der Waals surface area contributed by atoms with Gasteiger partial charge in [0, 0.05) is 13.6 Å². The number of rotatable bonds is 3. The lowest BCUT2D eigenvalue weighted by Gasteiger charge is -2.18. The zero-order valence-electron chi connectivity index (χ0n) is 10.2. The molecular weight excluding hydrogens is 224 g/mol. The Morgan fingerprint density at radius 3 is 2.61 bits per heavy atom. The molecule has 0 unspecified atom stereocenters. The summed E-state index contributed by atoms with van der Waals surface area (Å²) in [5.74, 6) is 0.740. The molecule has 0 aliphatic rings. The number of benzene rings is 1. The first-order valence-corrected chi connectivity index (χ1v) is 5.62. The lowest BCUT2D eigenvalue weighted by molar-refractivity contribution is 0.896. The van der Waals surface area contributed by atoms with E-state index >= 15 is 0 Å². The van der Waals surface area contributed by atoms with Crippen LogP contribution in [-0.2, 0) is 6.54 Å². The van der Waals surface area contributed by atoms with Gasteiger partial charge < -0.3 is 10.6 Å². The number of hydrogen-bond acceptors (Lipinski definition) is 4. The van der Waals surface area contributed by atoms with Gasteiger partial charge in [0.1, 0.15) is 11.9 Å². The Bertz CT molecular complexity index is 572. The van der Waals surface area contributed by atoms with Crippen LogP contribution in [0.3, 0.4) is 0 Å². The van der Waals surface area contributed by atoms with E-state index in [4.69, 9.17) is 11.0 Å². The molecule has 0 radical (unpaired) electrons. The molecule has 0 aliphatic carbocycles. The molecule has 90 valence electrons. The van der Waals surface area contributed by atoms with Crippen molar-refractivity contribution in [1.29, 1.82) is 5.26 Å². The summed E-state index contributed by atoms with van der Waals surface area (Å²) in [6, 6.07) is 15.6. The monoisotopic (exact) mass is 238 g/mol. The molecule has 0 saturated heterocycles. The van der Waals surface area contributed by atoms with Crippen molar-refractivity contribution in [1.82, 2.24) is 4.98 Å². The van der Waals surface area contributed by atoms with Gasteiger partial charge in [0.15, 0.2) is 5.69 Å². The molecule has 0 amide bonds. The van der Waals surface area contributed by atoms with Crippen LogP contribution in [0, 0.1) is 11.3 Å². The van der Waals surface area contributed by atoms with Crippen molar-refractivity contribution in [3.05, 3.63) is 53.7 Å². The molecule has 1 aromatic carbocycles. The molecule has 2 rings (SSSR count). The van der Waals surface area contributed by atoms with Crippen molar-refractivity contribution in [2.45, 2.75) is 6.54 Å². The Hall–Kier alpha value is -2.54. The maximum Gasteiger partial charge on any atom is 0.165 e. The van der Waals surface area contributed by atoms with Gasteiger partial charge in [0.25, 0.3) is 0 Å². The number of nitrogens with zero attached hydrogens (tertiary/aromatic N) is 3.